The molecule has 1 aliphatic heterocycles. The second-order valence-electron chi connectivity index (χ2n) is 6.56. The lowest BCUT2D eigenvalue weighted by Gasteiger charge is -2.30. The number of hydrogen-bond acceptors (Lipinski definition) is 3. The van der Waals surface area contributed by atoms with E-state index < -0.39 is 5.60 Å². The van der Waals surface area contributed by atoms with Crippen molar-refractivity contribution in [3.05, 3.63) is 95.1 Å². The summed E-state index contributed by atoms with van der Waals surface area (Å²) in [5.74, 6) is 1.30. The molecule has 0 atom stereocenters. The summed E-state index contributed by atoms with van der Waals surface area (Å²) in [5, 5.41) is 0. The third-order valence-corrected chi connectivity index (χ3v) is 4.95. The summed E-state index contributed by atoms with van der Waals surface area (Å²) in [7, 11) is 1.61. The summed E-state index contributed by atoms with van der Waals surface area (Å²) in [6.45, 7) is 1.56. The number of fused-ring (bicyclic) bond motifs is 1. The lowest BCUT2D eigenvalue weighted by molar-refractivity contribution is 0.0997. The lowest BCUT2D eigenvalue weighted by atomic mass is 9.82. The maximum atomic E-state index is 12.2. The maximum Gasteiger partial charge on any atom is 0.163 e. The molecular weight excluding hydrogens is 324 g/mol. The molecule has 3 heteroatoms. The molecule has 3 nitrogen and oxygen atoms in total. The number of carbonyl (C=O) groups excluding carboxylic acids is 1. The van der Waals surface area contributed by atoms with E-state index in [1.807, 2.05) is 42.5 Å². The number of rotatable bonds is 4. The largest absolute Gasteiger partial charge is 0.497 e. The van der Waals surface area contributed by atoms with Gasteiger partial charge in [-0.05, 0) is 19.1 Å². The molecule has 0 radical (unpaired) electrons. The van der Waals surface area contributed by atoms with Crippen LogP contribution < -0.4 is 9.47 Å². The van der Waals surface area contributed by atoms with Gasteiger partial charge in [0.25, 0.3) is 0 Å². The predicted octanol–water partition coefficient (Wildman–Crippen LogP) is 4.78. The summed E-state index contributed by atoms with van der Waals surface area (Å²) < 4.78 is 12.0. The first kappa shape index (κ1) is 16.4. The zero-order valence-electron chi connectivity index (χ0n) is 14.9. The number of Topliss-reactive ketones (excluding diaryl/α,β-unsaturated/α-hetero) is 1. The molecule has 3 aromatic rings. The first-order valence-electron chi connectivity index (χ1n) is 8.66. The Morgan fingerprint density at radius 1 is 0.962 bits per heavy atom. The van der Waals surface area contributed by atoms with Crippen LogP contribution in [0.25, 0.3) is 0 Å². The molecule has 0 aromatic heterocycles. The van der Waals surface area contributed by atoms with Crippen LogP contribution in [0.5, 0.6) is 11.5 Å². The zero-order chi connectivity index (χ0) is 18.1. The highest BCUT2D eigenvalue weighted by atomic mass is 16.5. The molecule has 26 heavy (non-hydrogen) atoms. The fourth-order valence-corrected chi connectivity index (χ4v) is 3.67. The highest BCUT2D eigenvalue weighted by Crippen LogP contribution is 2.48. The number of ether oxygens (including phenoxy) is 2. The Morgan fingerprint density at radius 3 is 2.04 bits per heavy atom. The molecule has 0 bridgehead atoms. The fourth-order valence-electron chi connectivity index (χ4n) is 3.67. The molecule has 1 aliphatic rings. The van der Waals surface area contributed by atoms with E-state index in [4.69, 9.17) is 9.47 Å². The van der Waals surface area contributed by atoms with E-state index in [-0.39, 0.29) is 5.78 Å². The molecule has 0 aliphatic carbocycles. The van der Waals surface area contributed by atoms with Gasteiger partial charge in [-0.3, -0.25) is 4.79 Å². The second kappa shape index (κ2) is 6.34. The van der Waals surface area contributed by atoms with Gasteiger partial charge in [0, 0.05) is 23.1 Å². The van der Waals surface area contributed by atoms with Gasteiger partial charge in [0.2, 0.25) is 0 Å². The first-order chi connectivity index (χ1) is 12.6. The van der Waals surface area contributed by atoms with Crippen LogP contribution in [0.2, 0.25) is 0 Å². The van der Waals surface area contributed by atoms with Crippen LogP contribution in [0.3, 0.4) is 0 Å². The predicted molar refractivity (Wildman–Crippen MR) is 101 cm³/mol. The van der Waals surface area contributed by atoms with Crippen LogP contribution in [0.1, 0.15) is 34.0 Å². The molecule has 130 valence electrons. The quantitative estimate of drug-likeness (QED) is 0.639. The Bertz CT molecular complexity index is 906. The Balaban J connectivity index is 1.93. The van der Waals surface area contributed by atoms with E-state index in [1.165, 1.54) is 0 Å². The van der Waals surface area contributed by atoms with Gasteiger partial charge in [-0.1, -0.05) is 60.7 Å². The van der Waals surface area contributed by atoms with E-state index in [9.17, 15) is 4.79 Å². The third kappa shape index (κ3) is 2.57. The Morgan fingerprint density at radius 2 is 1.54 bits per heavy atom. The first-order valence-corrected chi connectivity index (χ1v) is 8.66. The van der Waals surface area contributed by atoms with E-state index >= 15 is 0 Å². The van der Waals surface area contributed by atoms with Gasteiger partial charge < -0.3 is 9.47 Å². The molecule has 4 rings (SSSR count). The molecule has 0 N–H and O–H groups in total. The maximum absolute atomic E-state index is 12.2. The summed E-state index contributed by atoms with van der Waals surface area (Å²) in [6.07, 6.45) is 0.647. The summed E-state index contributed by atoms with van der Waals surface area (Å²) in [4.78, 5) is 12.2. The van der Waals surface area contributed by atoms with Crippen molar-refractivity contribution in [3.63, 3.8) is 0 Å². The van der Waals surface area contributed by atoms with Crippen molar-refractivity contribution >= 4 is 5.78 Å². The van der Waals surface area contributed by atoms with Crippen molar-refractivity contribution in [3.8, 4) is 11.5 Å². The average molecular weight is 344 g/mol. The van der Waals surface area contributed by atoms with Crippen molar-refractivity contribution in [2.45, 2.75) is 18.9 Å². The second-order valence-corrected chi connectivity index (χ2v) is 6.56. The van der Waals surface area contributed by atoms with Crippen molar-refractivity contribution in [2.75, 3.05) is 7.11 Å². The summed E-state index contributed by atoms with van der Waals surface area (Å²) >= 11 is 0. The minimum Gasteiger partial charge on any atom is -0.497 e. The molecule has 3 aromatic carbocycles. The molecule has 0 unspecified atom stereocenters. The monoisotopic (exact) mass is 344 g/mol. The SMILES string of the molecule is COc1cc2c(c(C(C)=O)c1)OC(c1ccccc1)(c1ccccc1)C2. The molecule has 0 saturated carbocycles. The van der Waals surface area contributed by atoms with Crippen molar-refractivity contribution in [1.82, 2.24) is 0 Å². The fraction of sp³-hybridized carbons (Fsp3) is 0.174. The van der Waals surface area contributed by atoms with E-state index in [0.717, 1.165) is 16.7 Å². The van der Waals surface area contributed by atoms with Gasteiger partial charge in [-0.15, -0.1) is 0 Å². The van der Waals surface area contributed by atoms with Crippen molar-refractivity contribution in [1.29, 1.82) is 0 Å². The highest BCUT2D eigenvalue weighted by Gasteiger charge is 2.44. The van der Waals surface area contributed by atoms with E-state index in [1.54, 1.807) is 20.1 Å². The van der Waals surface area contributed by atoms with Gasteiger partial charge in [-0.2, -0.15) is 0 Å². The molecule has 0 spiro atoms. The Labute approximate surface area is 153 Å². The zero-order valence-corrected chi connectivity index (χ0v) is 14.9. The summed E-state index contributed by atoms with van der Waals surface area (Å²) in [5.41, 5.74) is 3.03. The van der Waals surface area contributed by atoms with Crippen LogP contribution in [0.15, 0.2) is 72.8 Å². The third-order valence-electron chi connectivity index (χ3n) is 4.95. The van der Waals surface area contributed by atoms with Gasteiger partial charge >= 0.3 is 0 Å². The highest BCUT2D eigenvalue weighted by molar-refractivity contribution is 5.98. The van der Waals surface area contributed by atoms with Crippen LogP contribution in [0.4, 0.5) is 0 Å². The number of hydrogen-bond donors (Lipinski definition) is 0. The van der Waals surface area contributed by atoms with E-state index in [2.05, 4.69) is 24.3 Å². The number of ketones is 1. The molecule has 0 amide bonds. The topological polar surface area (TPSA) is 35.5 Å². The number of benzene rings is 3. The Kier molecular flexibility index (Phi) is 4.00. The standard InChI is InChI=1S/C23H20O3/c1-16(24)21-14-20(25-2)13-17-15-23(26-22(17)21,18-9-5-3-6-10-18)19-11-7-4-8-12-19/h3-14H,15H2,1-2H3. The van der Waals surface area contributed by atoms with Crippen LogP contribution in [-0.4, -0.2) is 12.9 Å². The van der Waals surface area contributed by atoms with Crippen LogP contribution in [0, 0.1) is 0 Å². The van der Waals surface area contributed by atoms with Gasteiger partial charge in [0.1, 0.15) is 11.5 Å². The van der Waals surface area contributed by atoms with Gasteiger partial charge in [-0.25, -0.2) is 0 Å². The number of carbonyl (C=O) groups is 1. The summed E-state index contributed by atoms with van der Waals surface area (Å²) in [6, 6.07) is 24.1. The van der Waals surface area contributed by atoms with Crippen molar-refractivity contribution < 1.29 is 14.3 Å². The van der Waals surface area contributed by atoms with Crippen LogP contribution in [-0.2, 0) is 12.0 Å². The smallest absolute Gasteiger partial charge is 0.163 e. The minimum atomic E-state index is -0.651. The molecular formula is C23H20O3. The Hall–Kier alpha value is -3.07. The molecule has 1 heterocycles. The van der Waals surface area contributed by atoms with Gasteiger partial charge in [0.05, 0.1) is 12.7 Å². The average Bonchev–Trinajstić information content (AvgIpc) is 3.09. The van der Waals surface area contributed by atoms with E-state index in [0.29, 0.717) is 23.5 Å². The minimum absolute atomic E-state index is 0.0305. The molecule has 0 fully saturated rings. The normalized spacial score (nSPS) is 14.4. The number of methoxy groups -OCH3 is 1. The lowest BCUT2D eigenvalue weighted by Crippen LogP contribution is -2.32. The molecule has 0 saturated heterocycles. The van der Waals surface area contributed by atoms with Crippen LogP contribution >= 0.6 is 0 Å². The van der Waals surface area contributed by atoms with Crippen molar-refractivity contribution in [2.24, 2.45) is 0 Å². The van der Waals surface area contributed by atoms with Gasteiger partial charge in [0.15, 0.2) is 11.4 Å².